The maximum Gasteiger partial charge on any atom is 0.437 e. The number of halogens is 1. The Labute approximate surface area is 155 Å². The van der Waals surface area contributed by atoms with E-state index in [1.54, 1.807) is 0 Å². The standard InChI is InChI=1S/C17H10FN5O5/c18-12-5-1-11(2-6-12)16-20-22(17(24)27-16)9-14-19-15(21-28-14)10-3-7-13(8-4-10)23(25)26/h1-8H,9H2. The van der Waals surface area contributed by atoms with Crippen LogP contribution in [0.15, 0.2) is 62.3 Å². The Hall–Kier alpha value is -4.15. The summed E-state index contributed by atoms with van der Waals surface area (Å²) in [6.45, 7) is -0.135. The van der Waals surface area contributed by atoms with Gasteiger partial charge in [-0.25, -0.2) is 9.18 Å². The third kappa shape index (κ3) is 3.40. The van der Waals surface area contributed by atoms with Gasteiger partial charge in [0.25, 0.3) is 5.69 Å². The van der Waals surface area contributed by atoms with Crippen LogP contribution < -0.4 is 5.76 Å². The molecule has 11 heteroatoms. The monoisotopic (exact) mass is 383 g/mol. The maximum absolute atomic E-state index is 13.0. The van der Waals surface area contributed by atoms with E-state index in [2.05, 4.69) is 15.2 Å². The molecular weight excluding hydrogens is 373 g/mol. The Balaban J connectivity index is 1.55. The number of hydrogen-bond donors (Lipinski definition) is 0. The van der Waals surface area contributed by atoms with Gasteiger partial charge in [0.2, 0.25) is 17.6 Å². The lowest BCUT2D eigenvalue weighted by Crippen LogP contribution is -2.16. The number of nitrogens with zero attached hydrogens (tertiary/aromatic N) is 5. The Kier molecular flexibility index (Phi) is 4.24. The average molecular weight is 383 g/mol. The Morgan fingerprint density at radius 1 is 1.07 bits per heavy atom. The van der Waals surface area contributed by atoms with Crippen LogP contribution in [0.1, 0.15) is 5.89 Å². The van der Waals surface area contributed by atoms with E-state index in [1.807, 2.05) is 0 Å². The summed E-state index contributed by atoms with van der Waals surface area (Å²) in [5.41, 5.74) is 0.893. The van der Waals surface area contributed by atoms with Crippen LogP contribution in [0.5, 0.6) is 0 Å². The van der Waals surface area contributed by atoms with Crippen molar-refractivity contribution in [3.05, 3.63) is 80.9 Å². The van der Waals surface area contributed by atoms with Gasteiger partial charge >= 0.3 is 5.76 Å². The summed E-state index contributed by atoms with van der Waals surface area (Å²) in [5.74, 6) is -0.834. The van der Waals surface area contributed by atoms with Crippen LogP contribution in [0.2, 0.25) is 0 Å². The number of nitro benzene ring substituents is 1. The molecule has 0 bridgehead atoms. The van der Waals surface area contributed by atoms with Crippen molar-refractivity contribution >= 4 is 5.69 Å². The van der Waals surface area contributed by atoms with Crippen LogP contribution in [0.3, 0.4) is 0 Å². The van der Waals surface area contributed by atoms with Crippen molar-refractivity contribution in [1.29, 1.82) is 0 Å². The van der Waals surface area contributed by atoms with Crippen molar-refractivity contribution in [2.45, 2.75) is 6.54 Å². The molecule has 0 aliphatic rings. The van der Waals surface area contributed by atoms with Crippen LogP contribution >= 0.6 is 0 Å². The van der Waals surface area contributed by atoms with E-state index in [0.717, 1.165) is 4.68 Å². The van der Waals surface area contributed by atoms with Crippen molar-refractivity contribution in [1.82, 2.24) is 19.9 Å². The lowest BCUT2D eigenvalue weighted by atomic mass is 10.2. The van der Waals surface area contributed by atoms with Gasteiger partial charge in [0.15, 0.2) is 0 Å². The molecule has 140 valence electrons. The molecule has 0 spiro atoms. The predicted molar refractivity (Wildman–Crippen MR) is 91.6 cm³/mol. The molecule has 0 fully saturated rings. The van der Waals surface area contributed by atoms with Gasteiger partial charge in [0.05, 0.1) is 4.92 Å². The first-order valence-corrected chi connectivity index (χ1v) is 7.91. The second kappa shape index (κ2) is 6.87. The molecule has 0 saturated heterocycles. The van der Waals surface area contributed by atoms with Gasteiger partial charge < -0.3 is 8.94 Å². The summed E-state index contributed by atoms with van der Waals surface area (Å²) in [7, 11) is 0. The number of hydrogen-bond acceptors (Lipinski definition) is 8. The van der Waals surface area contributed by atoms with Crippen LogP contribution in [0.4, 0.5) is 10.1 Å². The third-order valence-electron chi connectivity index (χ3n) is 3.79. The summed E-state index contributed by atoms with van der Waals surface area (Å²) < 4.78 is 24.2. The molecule has 2 aromatic carbocycles. The van der Waals surface area contributed by atoms with Gasteiger partial charge in [0, 0.05) is 23.3 Å². The molecule has 4 aromatic rings. The molecule has 0 aliphatic heterocycles. The highest BCUT2D eigenvalue weighted by atomic mass is 19.1. The minimum atomic E-state index is -0.741. The van der Waals surface area contributed by atoms with Gasteiger partial charge in [-0.15, -0.1) is 5.10 Å². The number of nitro groups is 1. The zero-order chi connectivity index (χ0) is 19.7. The van der Waals surface area contributed by atoms with Crippen molar-refractivity contribution in [2.24, 2.45) is 0 Å². The number of non-ortho nitro benzene ring substituents is 1. The number of benzene rings is 2. The van der Waals surface area contributed by atoms with Crippen molar-refractivity contribution in [3.8, 4) is 22.8 Å². The largest absolute Gasteiger partial charge is 0.437 e. The summed E-state index contributed by atoms with van der Waals surface area (Å²) >= 11 is 0. The lowest BCUT2D eigenvalue weighted by Gasteiger charge is -1.94. The van der Waals surface area contributed by atoms with E-state index in [4.69, 9.17) is 8.94 Å². The summed E-state index contributed by atoms with van der Waals surface area (Å²) in [4.78, 5) is 26.3. The smallest absolute Gasteiger partial charge is 0.388 e. The second-order valence-electron chi connectivity index (χ2n) is 5.65. The van der Waals surface area contributed by atoms with Crippen LogP contribution in [-0.4, -0.2) is 24.8 Å². The van der Waals surface area contributed by atoms with E-state index < -0.39 is 16.5 Å². The molecule has 0 saturated carbocycles. The Bertz CT molecular complexity index is 1190. The van der Waals surface area contributed by atoms with Gasteiger partial charge in [-0.05, 0) is 36.4 Å². The maximum atomic E-state index is 13.0. The molecule has 2 aromatic heterocycles. The Morgan fingerprint density at radius 2 is 1.75 bits per heavy atom. The predicted octanol–water partition coefficient (Wildman–Crippen LogP) is 2.65. The van der Waals surface area contributed by atoms with Crippen molar-refractivity contribution in [3.63, 3.8) is 0 Å². The molecule has 0 unspecified atom stereocenters. The fourth-order valence-electron chi connectivity index (χ4n) is 2.41. The summed E-state index contributed by atoms with van der Waals surface area (Å²) in [5, 5.41) is 18.5. The zero-order valence-corrected chi connectivity index (χ0v) is 14.0. The van der Waals surface area contributed by atoms with Gasteiger partial charge in [-0.1, -0.05) is 5.16 Å². The molecule has 28 heavy (non-hydrogen) atoms. The van der Waals surface area contributed by atoms with Gasteiger partial charge in [-0.3, -0.25) is 10.1 Å². The highest BCUT2D eigenvalue weighted by Crippen LogP contribution is 2.20. The first kappa shape index (κ1) is 17.3. The van der Waals surface area contributed by atoms with Crippen LogP contribution in [-0.2, 0) is 6.54 Å². The highest BCUT2D eigenvalue weighted by molar-refractivity contribution is 5.56. The average Bonchev–Trinajstić information content (AvgIpc) is 3.30. The number of aromatic nitrogens is 4. The van der Waals surface area contributed by atoms with E-state index in [-0.39, 0.29) is 29.8 Å². The summed E-state index contributed by atoms with van der Waals surface area (Å²) in [6, 6.07) is 10.9. The molecule has 0 radical (unpaired) electrons. The van der Waals surface area contributed by atoms with Gasteiger partial charge in [0.1, 0.15) is 12.4 Å². The third-order valence-corrected chi connectivity index (χ3v) is 3.79. The fraction of sp³-hybridized carbons (Fsp3) is 0.0588. The van der Waals surface area contributed by atoms with Crippen molar-refractivity contribution < 1.29 is 18.3 Å². The highest BCUT2D eigenvalue weighted by Gasteiger charge is 2.15. The number of rotatable bonds is 5. The fourth-order valence-corrected chi connectivity index (χ4v) is 2.41. The minimum absolute atomic E-state index is 0.0279. The molecule has 0 aliphatic carbocycles. The van der Waals surface area contributed by atoms with Crippen LogP contribution in [0.25, 0.3) is 22.8 Å². The minimum Gasteiger partial charge on any atom is -0.388 e. The molecule has 0 atom stereocenters. The summed E-state index contributed by atoms with van der Waals surface area (Å²) in [6.07, 6.45) is 0. The topological polar surface area (TPSA) is 130 Å². The normalized spacial score (nSPS) is 10.9. The molecule has 0 N–H and O–H groups in total. The lowest BCUT2D eigenvalue weighted by molar-refractivity contribution is -0.384. The molecule has 4 rings (SSSR count). The first-order chi connectivity index (χ1) is 13.5. The SMILES string of the molecule is O=c1oc(-c2ccc(F)cc2)nn1Cc1nc(-c2ccc([N+](=O)[O-])cc2)no1. The second-order valence-corrected chi connectivity index (χ2v) is 5.65. The molecule has 0 amide bonds. The van der Waals surface area contributed by atoms with Gasteiger partial charge in [-0.2, -0.15) is 9.67 Å². The quantitative estimate of drug-likeness (QED) is 0.380. The molecule has 2 heterocycles. The van der Waals surface area contributed by atoms with E-state index >= 15 is 0 Å². The van der Waals surface area contributed by atoms with E-state index in [9.17, 15) is 19.3 Å². The molecule has 10 nitrogen and oxygen atoms in total. The first-order valence-electron chi connectivity index (χ1n) is 7.91. The van der Waals surface area contributed by atoms with E-state index in [1.165, 1.54) is 48.5 Å². The molecular formula is C17H10FN5O5. The van der Waals surface area contributed by atoms with Crippen molar-refractivity contribution in [2.75, 3.05) is 0 Å². The zero-order valence-electron chi connectivity index (χ0n) is 14.0. The van der Waals surface area contributed by atoms with Crippen LogP contribution in [0, 0.1) is 15.9 Å². The van der Waals surface area contributed by atoms with E-state index in [0.29, 0.717) is 11.1 Å². The Morgan fingerprint density at radius 3 is 2.43 bits per heavy atom.